The van der Waals surface area contributed by atoms with Crippen molar-refractivity contribution in [3.05, 3.63) is 17.0 Å². The van der Waals surface area contributed by atoms with Crippen LogP contribution in [0.5, 0.6) is 0 Å². The van der Waals surface area contributed by atoms with Gasteiger partial charge in [0.1, 0.15) is 5.54 Å². The molecule has 1 fully saturated rings. The third kappa shape index (κ3) is 1.71. The van der Waals surface area contributed by atoms with E-state index in [-0.39, 0.29) is 5.91 Å². The average molecular weight is 238 g/mol. The van der Waals surface area contributed by atoms with Gasteiger partial charge in [-0.1, -0.05) is 0 Å². The molecule has 1 N–H and O–H groups in total. The summed E-state index contributed by atoms with van der Waals surface area (Å²) in [6.07, 6.45) is 0.838. The van der Waals surface area contributed by atoms with Crippen LogP contribution in [0.2, 0.25) is 0 Å². The van der Waals surface area contributed by atoms with Crippen LogP contribution in [0.3, 0.4) is 0 Å². The second-order valence-electron chi connectivity index (χ2n) is 4.26. The smallest absolute Gasteiger partial charge is 0.245 e. The van der Waals surface area contributed by atoms with Gasteiger partial charge in [-0.3, -0.25) is 9.59 Å². The zero-order valence-corrected chi connectivity index (χ0v) is 10.1. The fourth-order valence-electron chi connectivity index (χ4n) is 1.84. The number of amides is 1. The van der Waals surface area contributed by atoms with Crippen molar-refractivity contribution in [1.29, 1.82) is 0 Å². The van der Waals surface area contributed by atoms with Crippen LogP contribution < -0.4 is 10.2 Å². The zero-order valence-electron chi connectivity index (χ0n) is 9.32. The molecule has 1 amide bonds. The standard InChI is InChI=1S/C11H14N2O2S/c1-11(2)10(15)12-5-6-13(11)9-4-3-8(7-14)16-9/h3-4,7H,5-6H2,1-2H3,(H,12,15). The molecule has 0 aromatic carbocycles. The summed E-state index contributed by atoms with van der Waals surface area (Å²) in [5, 5.41) is 3.82. The van der Waals surface area contributed by atoms with Crippen molar-refractivity contribution in [2.75, 3.05) is 18.0 Å². The Hall–Kier alpha value is -1.36. The van der Waals surface area contributed by atoms with Gasteiger partial charge in [-0.2, -0.15) is 0 Å². The number of hydrogen-bond donors (Lipinski definition) is 1. The number of hydrogen-bond acceptors (Lipinski definition) is 4. The van der Waals surface area contributed by atoms with E-state index < -0.39 is 5.54 Å². The van der Waals surface area contributed by atoms with E-state index in [9.17, 15) is 9.59 Å². The number of thiophene rings is 1. The highest BCUT2D eigenvalue weighted by atomic mass is 32.1. The van der Waals surface area contributed by atoms with Crippen LogP contribution in [0.15, 0.2) is 12.1 Å². The van der Waals surface area contributed by atoms with Gasteiger partial charge in [0.05, 0.1) is 9.88 Å². The van der Waals surface area contributed by atoms with Gasteiger partial charge < -0.3 is 10.2 Å². The van der Waals surface area contributed by atoms with E-state index in [0.717, 1.165) is 17.8 Å². The molecule has 0 unspecified atom stereocenters. The summed E-state index contributed by atoms with van der Waals surface area (Å²) in [4.78, 5) is 25.1. The van der Waals surface area contributed by atoms with Crippen molar-refractivity contribution in [1.82, 2.24) is 5.32 Å². The second kappa shape index (κ2) is 3.90. The van der Waals surface area contributed by atoms with Crippen LogP contribution in [0.1, 0.15) is 23.5 Å². The van der Waals surface area contributed by atoms with Gasteiger partial charge in [-0.15, -0.1) is 11.3 Å². The minimum absolute atomic E-state index is 0.0276. The first kappa shape index (κ1) is 11.1. The molecule has 0 spiro atoms. The Morgan fingerprint density at radius 1 is 1.50 bits per heavy atom. The van der Waals surface area contributed by atoms with Crippen molar-refractivity contribution in [3.63, 3.8) is 0 Å². The Balaban J connectivity index is 2.31. The largest absolute Gasteiger partial charge is 0.352 e. The lowest BCUT2D eigenvalue weighted by atomic mass is 9.99. The minimum atomic E-state index is -0.552. The maximum Gasteiger partial charge on any atom is 0.245 e. The van der Waals surface area contributed by atoms with E-state index in [1.165, 1.54) is 11.3 Å². The lowest BCUT2D eigenvalue weighted by Crippen LogP contribution is -2.61. The van der Waals surface area contributed by atoms with Gasteiger partial charge in [0.15, 0.2) is 6.29 Å². The molecule has 0 aliphatic carbocycles. The van der Waals surface area contributed by atoms with Gasteiger partial charge in [-0.25, -0.2) is 0 Å². The number of carbonyl (C=O) groups is 2. The Kier molecular flexibility index (Phi) is 2.71. The molecule has 5 heteroatoms. The van der Waals surface area contributed by atoms with Crippen molar-refractivity contribution in [2.24, 2.45) is 0 Å². The van der Waals surface area contributed by atoms with Gasteiger partial charge in [0, 0.05) is 13.1 Å². The van der Waals surface area contributed by atoms with E-state index in [1.54, 1.807) is 6.07 Å². The van der Waals surface area contributed by atoms with Crippen LogP contribution >= 0.6 is 11.3 Å². The summed E-state index contributed by atoms with van der Waals surface area (Å²) in [5.74, 6) is 0.0276. The average Bonchev–Trinajstić information content (AvgIpc) is 2.70. The molecule has 86 valence electrons. The maximum atomic E-state index is 11.8. The third-order valence-corrected chi connectivity index (χ3v) is 3.88. The fourth-order valence-corrected chi connectivity index (χ4v) is 2.83. The molecule has 16 heavy (non-hydrogen) atoms. The topological polar surface area (TPSA) is 49.4 Å². The molecule has 1 aromatic heterocycles. The van der Waals surface area contributed by atoms with Crippen molar-refractivity contribution in [2.45, 2.75) is 19.4 Å². The van der Waals surface area contributed by atoms with E-state index in [0.29, 0.717) is 11.4 Å². The molecule has 0 atom stereocenters. The van der Waals surface area contributed by atoms with Gasteiger partial charge in [-0.05, 0) is 26.0 Å². The van der Waals surface area contributed by atoms with E-state index in [4.69, 9.17) is 0 Å². The first-order chi connectivity index (χ1) is 7.55. The lowest BCUT2D eigenvalue weighted by Gasteiger charge is -2.41. The van der Waals surface area contributed by atoms with E-state index in [2.05, 4.69) is 5.32 Å². The normalized spacial score (nSPS) is 19.4. The summed E-state index contributed by atoms with van der Waals surface area (Å²) in [6.45, 7) is 5.21. The van der Waals surface area contributed by atoms with Gasteiger partial charge in [0.25, 0.3) is 0 Å². The molecule has 0 saturated carbocycles. The SMILES string of the molecule is CC1(C)C(=O)NCCN1c1ccc(C=O)s1. The molecule has 4 nitrogen and oxygen atoms in total. The monoisotopic (exact) mass is 238 g/mol. The summed E-state index contributed by atoms with van der Waals surface area (Å²) >= 11 is 1.42. The van der Waals surface area contributed by atoms with Crippen LogP contribution in [0, 0.1) is 0 Å². The summed E-state index contributed by atoms with van der Waals surface area (Å²) in [7, 11) is 0. The fraction of sp³-hybridized carbons (Fsp3) is 0.455. The Labute approximate surface area is 98.3 Å². The molecule has 1 aliphatic heterocycles. The number of nitrogens with zero attached hydrogens (tertiary/aromatic N) is 1. The van der Waals surface area contributed by atoms with Crippen LogP contribution in [-0.4, -0.2) is 30.8 Å². The van der Waals surface area contributed by atoms with Crippen LogP contribution in [0.25, 0.3) is 0 Å². The Morgan fingerprint density at radius 2 is 2.25 bits per heavy atom. The molecule has 1 aromatic rings. The van der Waals surface area contributed by atoms with Gasteiger partial charge >= 0.3 is 0 Å². The van der Waals surface area contributed by atoms with Crippen molar-refractivity contribution >= 4 is 28.5 Å². The molecular formula is C11H14N2O2S. The van der Waals surface area contributed by atoms with Crippen LogP contribution in [0.4, 0.5) is 5.00 Å². The number of carbonyl (C=O) groups excluding carboxylic acids is 2. The quantitative estimate of drug-likeness (QED) is 0.789. The first-order valence-corrected chi connectivity index (χ1v) is 5.98. The lowest BCUT2D eigenvalue weighted by molar-refractivity contribution is -0.126. The van der Waals surface area contributed by atoms with Crippen molar-refractivity contribution in [3.8, 4) is 0 Å². The van der Waals surface area contributed by atoms with E-state index in [1.807, 2.05) is 24.8 Å². The molecule has 2 heterocycles. The predicted octanol–water partition coefficient (Wildman–Crippen LogP) is 1.28. The molecule has 0 bridgehead atoms. The summed E-state index contributed by atoms with van der Waals surface area (Å²) in [6, 6.07) is 3.68. The number of nitrogens with one attached hydrogen (secondary N) is 1. The maximum absolute atomic E-state index is 11.8. The number of anilines is 1. The Bertz CT molecular complexity index is 425. The highest BCUT2D eigenvalue weighted by Gasteiger charge is 2.38. The highest BCUT2D eigenvalue weighted by Crippen LogP contribution is 2.31. The number of aldehydes is 1. The molecule has 1 saturated heterocycles. The van der Waals surface area contributed by atoms with E-state index >= 15 is 0 Å². The third-order valence-electron chi connectivity index (χ3n) is 2.85. The molecule has 1 aliphatic rings. The first-order valence-electron chi connectivity index (χ1n) is 5.16. The highest BCUT2D eigenvalue weighted by molar-refractivity contribution is 7.17. The molecule has 0 radical (unpaired) electrons. The molecular weight excluding hydrogens is 224 g/mol. The van der Waals surface area contributed by atoms with Crippen LogP contribution in [-0.2, 0) is 4.79 Å². The summed E-state index contributed by atoms with van der Waals surface area (Å²) in [5.41, 5.74) is -0.552. The zero-order chi connectivity index (χ0) is 11.8. The second-order valence-corrected chi connectivity index (χ2v) is 5.35. The van der Waals surface area contributed by atoms with Crippen molar-refractivity contribution < 1.29 is 9.59 Å². The van der Waals surface area contributed by atoms with Gasteiger partial charge in [0.2, 0.25) is 5.91 Å². The number of piperazine rings is 1. The molecule has 2 rings (SSSR count). The minimum Gasteiger partial charge on any atom is -0.352 e. The summed E-state index contributed by atoms with van der Waals surface area (Å²) < 4.78 is 0. The Morgan fingerprint density at radius 3 is 2.88 bits per heavy atom. The predicted molar refractivity (Wildman–Crippen MR) is 64.1 cm³/mol. The number of rotatable bonds is 2.